The van der Waals surface area contributed by atoms with E-state index in [1.165, 1.54) is 0 Å². The molecule has 0 aliphatic carbocycles. The number of pyridine rings is 1. The average Bonchev–Trinajstić information content (AvgIpc) is 2.51. The third-order valence-corrected chi connectivity index (χ3v) is 2.10. The van der Waals surface area contributed by atoms with E-state index in [1.54, 1.807) is 16.9 Å². The van der Waals surface area contributed by atoms with E-state index < -0.39 is 0 Å². The molecular weight excluding hydrogens is 200 g/mol. The molecule has 0 aliphatic rings. The van der Waals surface area contributed by atoms with E-state index in [-0.39, 0.29) is 0 Å². The Hall–Kier alpha value is -1.55. The highest BCUT2D eigenvalue weighted by Crippen LogP contribution is 2.24. The highest BCUT2D eigenvalue weighted by molar-refractivity contribution is 6.29. The average molecular weight is 209 g/mol. The number of nitrogen functional groups attached to an aromatic ring is 1. The summed E-state index contributed by atoms with van der Waals surface area (Å²) in [6.07, 6.45) is 3.48. The Morgan fingerprint density at radius 1 is 1.50 bits per heavy atom. The van der Waals surface area contributed by atoms with Crippen molar-refractivity contribution in [2.75, 3.05) is 5.73 Å². The summed E-state index contributed by atoms with van der Waals surface area (Å²) in [6.45, 7) is 0. The Morgan fingerprint density at radius 3 is 2.86 bits per heavy atom. The predicted molar refractivity (Wildman–Crippen MR) is 55.9 cm³/mol. The van der Waals surface area contributed by atoms with Gasteiger partial charge in [-0.15, -0.1) is 0 Å². The molecule has 0 fully saturated rings. The van der Waals surface area contributed by atoms with Gasteiger partial charge < -0.3 is 5.73 Å². The van der Waals surface area contributed by atoms with Gasteiger partial charge in [0.05, 0.1) is 5.69 Å². The van der Waals surface area contributed by atoms with Crippen LogP contribution >= 0.6 is 11.6 Å². The molecule has 0 unspecified atom stereocenters. The third kappa shape index (κ3) is 1.56. The number of nitrogens with zero attached hydrogens (tertiary/aromatic N) is 3. The Balaban J connectivity index is 2.52. The maximum absolute atomic E-state index is 5.79. The SMILES string of the molecule is Cn1ccc(-c2cnc(Cl)cc2N)n1. The molecule has 2 aromatic heterocycles. The number of hydrogen-bond acceptors (Lipinski definition) is 3. The first-order chi connectivity index (χ1) is 6.66. The maximum atomic E-state index is 5.79. The first-order valence-corrected chi connectivity index (χ1v) is 4.45. The lowest BCUT2D eigenvalue weighted by Gasteiger charge is -2.01. The van der Waals surface area contributed by atoms with Crippen LogP contribution in [0.1, 0.15) is 0 Å². The van der Waals surface area contributed by atoms with Crippen molar-refractivity contribution in [2.45, 2.75) is 0 Å². The summed E-state index contributed by atoms with van der Waals surface area (Å²) in [4.78, 5) is 3.96. The smallest absolute Gasteiger partial charge is 0.131 e. The molecule has 0 aromatic carbocycles. The second-order valence-corrected chi connectivity index (χ2v) is 3.36. The quantitative estimate of drug-likeness (QED) is 0.726. The maximum Gasteiger partial charge on any atom is 0.131 e. The minimum absolute atomic E-state index is 0.391. The highest BCUT2D eigenvalue weighted by atomic mass is 35.5. The Bertz CT molecular complexity index is 464. The number of aromatic nitrogens is 3. The molecule has 0 amide bonds. The van der Waals surface area contributed by atoms with Crippen LogP contribution in [0, 0.1) is 0 Å². The number of hydrogen-bond donors (Lipinski definition) is 1. The van der Waals surface area contributed by atoms with Gasteiger partial charge in [-0.05, 0) is 12.1 Å². The zero-order chi connectivity index (χ0) is 10.1. The summed E-state index contributed by atoms with van der Waals surface area (Å²) in [5.41, 5.74) is 7.98. The van der Waals surface area contributed by atoms with Crippen molar-refractivity contribution in [3.8, 4) is 11.3 Å². The van der Waals surface area contributed by atoms with Gasteiger partial charge in [0.15, 0.2) is 0 Å². The van der Waals surface area contributed by atoms with Crippen LogP contribution in [0.15, 0.2) is 24.5 Å². The molecule has 0 saturated heterocycles. The number of anilines is 1. The molecule has 0 spiro atoms. The molecule has 2 aromatic rings. The zero-order valence-corrected chi connectivity index (χ0v) is 8.36. The van der Waals surface area contributed by atoms with Crippen molar-refractivity contribution in [3.63, 3.8) is 0 Å². The first kappa shape index (κ1) is 9.02. The molecule has 2 heterocycles. The number of rotatable bonds is 1. The van der Waals surface area contributed by atoms with E-state index in [9.17, 15) is 0 Å². The van der Waals surface area contributed by atoms with Crippen LogP contribution in [0.25, 0.3) is 11.3 Å². The minimum Gasteiger partial charge on any atom is -0.398 e. The molecule has 0 bridgehead atoms. The highest BCUT2D eigenvalue weighted by Gasteiger charge is 2.06. The van der Waals surface area contributed by atoms with Crippen molar-refractivity contribution in [1.29, 1.82) is 0 Å². The summed E-state index contributed by atoms with van der Waals surface area (Å²) in [5.74, 6) is 0. The fraction of sp³-hybridized carbons (Fsp3) is 0.111. The van der Waals surface area contributed by atoms with E-state index in [0.717, 1.165) is 11.3 Å². The van der Waals surface area contributed by atoms with Crippen molar-refractivity contribution >= 4 is 17.3 Å². The van der Waals surface area contributed by atoms with Gasteiger partial charge in [0.2, 0.25) is 0 Å². The molecule has 0 aliphatic heterocycles. The Kier molecular flexibility index (Phi) is 2.13. The van der Waals surface area contributed by atoms with Gasteiger partial charge in [0.1, 0.15) is 5.15 Å². The summed E-state index contributed by atoms with van der Waals surface area (Å²) in [6, 6.07) is 3.49. The van der Waals surface area contributed by atoms with Crippen LogP contribution in [0.4, 0.5) is 5.69 Å². The summed E-state index contributed by atoms with van der Waals surface area (Å²) >= 11 is 5.69. The molecule has 5 heteroatoms. The van der Waals surface area contributed by atoms with Gasteiger partial charge in [-0.3, -0.25) is 4.68 Å². The van der Waals surface area contributed by atoms with Crippen LogP contribution in [0.5, 0.6) is 0 Å². The van der Waals surface area contributed by atoms with Gasteiger partial charge in [0, 0.05) is 30.7 Å². The fourth-order valence-electron chi connectivity index (χ4n) is 1.22. The molecule has 0 saturated carbocycles. The predicted octanol–water partition coefficient (Wildman–Crippen LogP) is 1.72. The minimum atomic E-state index is 0.391. The first-order valence-electron chi connectivity index (χ1n) is 4.08. The van der Waals surface area contributed by atoms with E-state index in [1.807, 2.05) is 19.3 Å². The molecule has 2 rings (SSSR count). The Morgan fingerprint density at radius 2 is 2.29 bits per heavy atom. The summed E-state index contributed by atoms with van der Waals surface area (Å²) in [5, 5.41) is 4.62. The van der Waals surface area contributed by atoms with Crippen LogP contribution in [-0.2, 0) is 7.05 Å². The fourth-order valence-corrected chi connectivity index (χ4v) is 1.38. The topological polar surface area (TPSA) is 56.7 Å². The molecule has 0 atom stereocenters. The van der Waals surface area contributed by atoms with Gasteiger partial charge in [-0.25, -0.2) is 4.98 Å². The van der Waals surface area contributed by atoms with Gasteiger partial charge in [-0.1, -0.05) is 11.6 Å². The van der Waals surface area contributed by atoms with Crippen LogP contribution < -0.4 is 5.73 Å². The van der Waals surface area contributed by atoms with Gasteiger partial charge >= 0.3 is 0 Å². The Labute approximate surface area is 86.3 Å². The third-order valence-electron chi connectivity index (χ3n) is 1.89. The largest absolute Gasteiger partial charge is 0.398 e. The molecule has 2 N–H and O–H groups in total. The molecule has 0 radical (unpaired) electrons. The van der Waals surface area contributed by atoms with E-state index in [4.69, 9.17) is 17.3 Å². The van der Waals surface area contributed by atoms with Crippen molar-refractivity contribution in [1.82, 2.24) is 14.8 Å². The van der Waals surface area contributed by atoms with Gasteiger partial charge in [0.25, 0.3) is 0 Å². The zero-order valence-electron chi connectivity index (χ0n) is 7.61. The molecule has 14 heavy (non-hydrogen) atoms. The van der Waals surface area contributed by atoms with E-state index in [2.05, 4.69) is 10.1 Å². The molecule has 72 valence electrons. The van der Waals surface area contributed by atoms with Crippen LogP contribution in [0.3, 0.4) is 0 Å². The van der Waals surface area contributed by atoms with E-state index in [0.29, 0.717) is 10.8 Å². The standard InChI is InChI=1S/C9H9ClN4/c1-14-3-2-8(13-14)6-5-12-9(10)4-7(6)11/h2-5H,1H3,(H2,11,12). The summed E-state index contributed by atoms with van der Waals surface area (Å²) < 4.78 is 1.71. The molecule has 4 nitrogen and oxygen atoms in total. The van der Waals surface area contributed by atoms with Crippen molar-refractivity contribution in [3.05, 3.63) is 29.7 Å². The lowest BCUT2D eigenvalue weighted by atomic mass is 10.2. The summed E-state index contributed by atoms with van der Waals surface area (Å²) in [7, 11) is 1.85. The van der Waals surface area contributed by atoms with Crippen molar-refractivity contribution < 1.29 is 0 Å². The lowest BCUT2D eigenvalue weighted by molar-refractivity contribution is 0.771. The molecular formula is C9H9ClN4. The lowest BCUT2D eigenvalue weighted by Crippen LogP contribution is -1.93. The normalized spacial score (nSPS) is 10.4. The van der Waals surface area contributed by atoms with Crippen LogP contribution in [0.2, 0.25) is 5.15 Å². The van der Waals surface area contributed by atoms with Crippen LogP contribution in [-0.4, -0.2) is 14.8 Å². The van der Waals surface area contributed by atoms with Crippen molar-refractivity contribution in [2.24, 2.45) is 7.05 Å². The second-order valence-electron chi connectivity index (χ2n) is 2.97. The number of halogens is 1. The second kappa shape index (κ2) is 3.31. The monoisotopic (exact) mass is 208 g/mol. The van der Waals surface area contributed by atoms with E-state index >= 15 is 0 Å². The van der Waals surface area contributed by atoms with Gasteiger partial charge in [-0.2, -0.15) is 5.10 Å². The number of aryl methyl sites for hydroxylation is 1. The number of nitrogens with two attached hydrogens (primary N) is 1.